The standard InChI is InChI=1S/C18H22FN3O3S.ClH/c1-13(14-4-2-5-15(19)11-14)10-18(23)22-16-6-3-7-17(12-16)26(24,25)21-9-8-20;/h2-7,11-13,21H,8-10,20H2,1H3,(H,22,23);1H. The lowest BCUT2D eigenvalue weighted by atomic mass is 9.97. The SMILES string of the molecule is CC(CC(=O)Nc1cccc(S(=O)(=O)NCCN)c1)c1cccc(F)c1.Cl. The van der Waals surface area contributed by atoms with Crippen LogP contribution in [0.3, 0.4) is 0 Å². The highest BCUT2D eigenvalue weighted by Gasteiger charge is 2.15. The average Bonchev–Trinajstić information content (AvgIpc) is 2.60. The van der Waals surface area contributed by atoms with Crippen molar-refractivity contribution < 1.29 is 17.6 Å². The normalized spacial score (nSPS) is 12.1. The van der Waals surface area contributed by atoms with Crippen molar-refractivity contribution in [2.24, 2.45) is 5.73 Å². The van der Waals surface area contributed by atoms with Crippen LogP contribution in [0.1, 0.15) is 24.8 Å². The molecule has 0 saturated carbocycles. The fraction of sp³-hybridized carbons (Fsp3) is 0.278. The number of anilines is 1. The van der Waals surface area contributed by atoms with Crippen LogP contribution >= 0.6 is 12.4 Å². The van der Waals surface area contributed by atoms with E-state index in [9.17, 15) is 17.6 Å². The summed E-state index contributed by atoms with van der Waals surface area (Å²) in [5.41, 5.74) is 6.40. The van der Waals surface area contributed by atoms with Crippen LogP contribution in [-0.2, 0) is 14.8 Å². The highest BCUT2D eigenvalue weighted by Crippen LogP contribution is 2.21. The van der Waals surface area contributed by atoms with E-state index >= 15 is 0 Å². The summed E-state index contributed by atoms with van der Waals surface area (Å²) in [4.78, 5) is 12.3. The first-order chi connectivity index (χ1) is 12.3. The molecule has 0 saturated heterocycles. The first-order valence-corrected chi connectivity index (χ1v) is 9.65. The maximum Gasteiger partial charge on any atom is 0.240 e. The van der Waals surface area contributed by atoms with Gasteiger partial charge in [-0.25, -0.2) is 17.5 Å². The number of sulfonamides is 1. The number of nitrogens with two attached hydrogens (primary N) is 1. The molecule has 27 heavy (non-hydrogen) atoms. The van der Waals surface area contributed by atoms with Gasteiger partial charge in [0.2, 0.25) is 15.9 Å². The Bertz CT molecular complexity index is 878. The summed E-state index contributed by atoms with van der Waals surface area (Å²) in [6.45, 7) is 2.14. The zero-order valence-corrected chi connectivity index (χ0v) is 16.4. The molecule has 1 atom stereocenters. The van der Waals surface area contributed by atoms with Gasteiger partial charge in [-0.05, 0) is 41.8 Å². The van der Waals surface area contributed by atoms with E-state index < -0.39 is 10.0 Å². The number of carbonyl (C=O) groups is 1. The van der Waals surface area contributed by atoms with Crippen LogP contribution in [0.2, 0.25) is 0 Å². The second-order valence-corrected chi connectivity index (χ2v) is 7.69. The van der Waals surface area contributed by atoms with Crippen LogP contribution in [0.4, 0.5) is 10.1 Å². The van der Waals surface area contributed by atoms with Gasteiger partial charge in [0.1, 0.15) is 5.82 Å². The molecule has 1 unspecified atom stereocenters. The van der Waals surface area contributed by atoms with Gasteiger partial charge in [-0.1, -0.05) is 25.1 Å². The molecular formula is C18H23ClFN3O3S. The third-order valence-corrected chi connectivity index (χ3v) is 5.23. The Morgan fingerprint density at radius 3 is 2.56 bits per heavy atom. The fourth-order valence-corrected chi connectivity index (χ4v) is 3.53. The van der Waals surface area contributed by atoms with Crippen molar-refractivity contribution in [3.63, 3.8) is 0 Å². The molecule has 2 aromatic carbocycles. The van der Waals surface area contributed by atoms with Gasteiger partial charge in [0, 0.05) is 25.2 Å². The number of amides is 1. The van der Waals surface area contributed by atoms with Crippen molar-refractivity contribution >= 4 is 34.0 Å². The van der Waals surface area contributed by atoms with E-state index in [1.54, 1.807) is 24.3 Å². The van der Waals surface area contributed by atoms with Crippen molar-refractivity contribution in [3.05, 3.63) is 59.9 Å². The lowest BCUT2D eigenvalue weighted by Crippen LogP contribution is -2.29. The minimum absolute atomic E-state index is 0. The first-order valence-electron chi connectivity index (χ1n) is 8.17. The van der Waals surface area contributed by atoms with Gasteiger partial charge in [0.15, 0.2) is 0 Å². The molecule has 148 valence electrons. The molecular weight excluding hydrogens is 393 g/mol. The molecule has 0 aromatic heterocycles. The molecule has 2 aromatic rings. The average molecular weight is 416 g/mol. The van der Waals surface area contributed by atoms with E-state index in [2.05, 4.69) is 10.0 Å². The molecule has 0 spiro atoms. The van der Waals surface area contributed by atoms with Crippen LogP contribution in [0.25, 0.3) is 0 Å². The summed E-state index contributed by atoms with van der Waals surface area (Å²) >= 11 is 0. The van der Waals surface area contributed by atoms with Gasteiger partial charge in [0.05, 0.1) is 4.90 Å². The number of carbonyl (C=O) groups excluding carboxylic acids is 1. The van der Waals surface area contributed by atoms with Crippen molar-refractivity contribution in [3.8, 4) is 0 Å². The molecule has 0 bridgehead atoms. The Morgan fingerprint density at radius 2 is 1.89 bits per heavy atom. The molecule has 0 aliphatic carbocycles. The quantitative estimate of drug-likeness (QED) is 0.616. The molecule has 9 heteroatoms. The van der Waals surface area contributed by atoms with E-state index in [4.69, 9.17) is 5.73 Å². The zero-order chi connectivity index (χ0) is 19.2. The van der Waals surface area contributed by atoms with Crippen molar-refractivity contribution in [2.45, 2.75) is 24.2 Å². The lowest BCUT2D eigenvalue weighted by Gasteiger charge is -2.13. The molecule has 2 rings (SSSR count). The molecule has 1 amide bonds. The first kappa shape index (κ1) is 23.0. The van der Waals surface area contributed by atoms with Crippen LogP contribution in [0.5, 0.6) is 0 Å². The maximum atomic E-state index is 13.3. The number of rotatable bonds is 8. The summed E-state index contributed by atoms with van der Waals surface area (Å²) in [7, 11) is -3.67. The van der Waals surface area contributed by atoms with E-state index in [0.717, 1.165) is 5.56 Å². The number of halogens is 2. The maximum absolute atomic E-state index is 13.3. The van der Waals surface area contributed by atoms with Crippen LogP contribution in [0, 0.1) is 5.82 Å². The number of nitrogens with one attached hydrogen (secondary N) is 2. The van der Waals surface area contributed by atoms with Gasteiger partial charge in [-0.2, -0.15) is 0 Å². The summed E-state index contributed by atoms with van der Waals surface area (Å²) in [5.74, 6) is -0.812. The summed E-state index contributed by atoms with van der Waals surface area (Å²) < 4.78 is 39.9. The molecule has 0 aliphatic rings. The minimum atomic E-state index is -3.67. The van der Waals surface area contributed by atoms with Gasteiger partial charge in [-0.15, -0.1) is 12.4 Å². The zero-order valence-electron chi connectivity index (χ0n) is 14.8. The Hall–Kier alpha value is -2.00. The topological polar surface area (TPSA) is 101 Å². The summed E-state index contributed by atoms with van der Waals surface area (Å²) in [5, 5.41) is 2.68. The molecule has 0 heterocycles. The predicted octanol–water partition coefficient (Wildman–Crippen LogP) is 2.62. The van der Waals surface area contributed by atoms with E-state index in [1.807, 2.05) is 6.92 Å². The molecule has 0 aliphatic heterocycles. The van der Waals surface area contributed by atoms with Crippen molar-refractivity contribution in [2.75, 3.05) is 18.4 Å². The second kappa shape index (κ2) is 10.4. The van der Waals surface area contributed by atoms with Gasteiger partial charge in [-0.3, -0.25) is 4.79 Å². The van der Waals surface area contributed by atoms with Crippen LogP contribution in [0.15, 0.2) is 53.4 Å². The fourth-order valence-electron chi connectivity index (χ4n) is 2.44. The Kier molecular flexibility index (Phi) is 8.84. The Labute approximate surface area is 164 Å². The number of hydrogen-bond acceptors (Lipinski definition) is 4. The van der Waals surface area contributed by atoms with Crippen LogP contribution in [-0.4, -0.2) is 27.4 Å². The highest BCUT2D eigenvalue weighted by molar-refractivity contribution is 7.89. The summed E-state index contributed by atoms with van der Waals surface area (Å²) in [6, 6.07) is 12.1. The third-order valence-electron chi connectivity index (χ3n) is 3.77. The third kappa shape index (κ3) is 6.91. The second-order valence-electron chi connectivity index (χ2n) is 5.92. The Morgan fingerprint density at radius 1 is 1.19 bits per heavy atom. The monoisotopic (exact) mass is 415 g/mol. The highest BCUT2D eigenvalue weighted by atomic mass is 35.5. The Balaban J connectivity index is 0.00000364. The van der Waals surface area contributed by atoms with Crippen molar-refractivity contribution in [1.29, 1.82) is 0 Å². The lowest BCUT2D eigenvalue weighted by molar-refractivity contribution is -0.116. The van der Waals surface area contributed by atoms with Crippen LogP contribution < -0.4 is 15.8 Å². The largest absolute Gasteiger partial charge is 0.329 e. The van der Waals surface area contributed by atoms with E-state index in [-0.39, 0.29) is 54.5 Å². The minimum Gasteiger partial charge on any atom is -0.329 e. The molecule has 4 N–H and O–H groups in total. The molecule has 6 nitrogen and oxygen atoms in total. The van der Waals surface area contributed by atoms with Gasteiger partial charge in [0.25, 0.3) is 0 Å². The van der Waals surface area contributed by atoms with E-state index in [0.29, 0.717) is 5.69 Å². The predicted molar refractivity (Wildman–Crippen MR) is 106 cm³/mol. The summed E-state index contributed by atoms with van der Waals surface area (Å²) in [6.07, 6.45) is 0.145. The number of benzene rings is 2. The van der Waals surface area contributed by atoms with Gasteiger partial charge < -0.3 is 11.1 Å². The van der Waals surface area contributed by atoms with Gasteiger partial charge >= 0.3 is 0 Å². The smallest absolute Gasteiger partial charge is 0.240 e. The number of hydrogen-bond donors (Lipinski definition) is 3. The molecule has 0 fully saturated rings. The molecule has 0 radical (unpaired) electrons. The van der Waals surface area contributed by atoms with Crippen molar-refractivity contribution in [1.82, 2.24) is 4.72 Å². The van der Waals surface area contributed by atoms with E-state index in [1.165, 1.54) is 24.3 Å².